The molecule has 0 heterocycles. The van der Waals surface area contributed by atoms with Crippen LogP contribution in [0.2, 0.25) is 18.1 Å². The van der Waals surface area contributed by atoms with Crippen LogP contribution in [-0.2, 0) is 9.22 Å². The van der Waals surface area contributed by atoms with E-state index in [2.05, 4.69) is 60.9 Å². The summed E-state index contributed by atoms with van der Waals surface area (Å²) in [5.74, 6) is 0.226. The molecular weight excluding hydrogens is 302 g/mol. The van der Waals surface area contributed by atoms with Gasteiger partial charge in [-0.2, -0.15) is 0 Å². The van der Waals surface area contributed by atoms with E-state index < -0.39 is 8.32 Å². The molecule has 0 unspecified atom stereocenters. The molecule has 0 aliphatic rings. The number of amides is 1. The maximum absolute atomic E-state index is 12.9. The first-order valence-corrected chi connectivity index (χ1v) is 11.5. The predicted molar refractivity (Wildman–Crippen MR) is 103 cm³/mol. The van der Waals surface area contributed by atoms with Crippen LogP contribution in [0.15, 0.2) is 25.3 Å². The smallest absolute Gasteiger partial charge is 0.228 e. The lowest BCUT2D eigenvalue weighted by Crippen LogP contribution is -2.50. The Morgan fingerprint density at radius 2 is 1.57 bits per heavy atom. The molecule has 0 fully saturated rings. The van der Waals surface area contributed by atoms with E-state index in [1.807, 2.05) is 6.92 Å². The Hall–Kier alpha value is -0.873. The average molecular weight is 340 g/mol. The van der Waals surface area contributed by atoms with Gasteiger partial charge in [-0.25, -0.2) is 0 Å². The van der Waals surface area contributed by atoms with E-state index in [-0.39, 0.29) is 28.9 Å². The topological polar surface area (TPSA) is 29.5 Å². The lowest BCUT2D eigenvalue weighted by molar-refractivity contribution is -0.138. The van der Waals surface area contributed by atoms with Crippen LogP contribution in [0.1, 0.15) is 41.5 Å². The monoisotopic (exact) mass is 339 g/mol. The van der Waals surface area contributed by atoms with Gasteiger partial charge < -0.3 is 9.33 Å². The summed E-state index contributed by atoms with van der Waals surface area (Å²) in [7, 11) is -1.92. The Morgan fingerprint density at radius 1 is 1.13 bits per heavy atom. The molecule has 0 aromatic heterocycles. The van der Waals surface area contributed by atoms with Crippen molar-refractivity contribution in [1.29, 1.82) is 0 Å². The third kappa shape index (κ3) is 6.26. The molecule has 0 N–H and O–H groups in total. The van der Waals surface area contributed by atoms with Gasteiger partial charge in [-0.15, -0.1) is 13.2 Å². The molecule has 0 aromatic carbocycles. The van der Waals surface area contributed by atoms with Crippen LogP contribution in [0.3, 0.4) is 0 Å². The molecule has 23 heavy (non-hydrogen) atoms. The van der Waals surface area contributed by atoms with E-state index in [1.165, 1.54) is 0 Å². The van der Waals surface area contributed by atoms with Gasteiger partial charge in [0, 0.05) is 13.1 Å². The van der Waals surface area contributed by atoms with E-state index >= 15 is 0 Å². The fourth-order valence-corrected chi connectivity index (χ4v) is 3.84. The molecule has 0 rings (SSSR count). The van der Waals surface area contributed by atoms with Gasteiger partial charge in [0.25, 0.3) is 0 Å². The molecule has 1 amide bonds. The molecule has 0 bridgehead atoms. The number of hydrogen-bond acceptors (Lipinski definition) is 2. The molecule has 3 nitrogen and oxygen atoms in total. The van der Waals surface area contributed by atoms with Crippen LogP contribution in [-0.4, -0.2) is 38.3 Å². The lowest BCUT2D eigenvalue weighted by Gasteiger charge is -2.42. The van der Waals surface area contributed by atoms with Gasteiger partial charge in [0.15, 0.2) is 8.32 Å². The summed E-state index contributed by atoms with van der Waals surface area (Å²) in [5, 5.41) is 0.130. The molecule has 4 heteroatoms. The number of rotatable bonds is 9. The molecule has 0 aliphatic carbocycles. The van der Waals surface area contributed by atoms with Gasteiger partial charge >= 0.3 is 0 Å². The number of carbonyl (C=O) groups excluding carboxylic acids is 1. The van der Waals surface area contributed by atoms with Crippen LogP contribution in [0, 0.1) is 11.8 Å². The number of nitrogens with zero attached hydrogens (tertiary/aromatic N) is 1. The molecule has 0 aliphatic heterocycles. The SMILES string of the molecule is C=CCN(CC=C)C(=O)[C@H](C)[C@@H](O[Si](C)(C)C(C)(C)C)C(C)C. The molecule has 0 aromatic rings. The van der Waals surface area contributed by atoms with Crippen molar-refractivity contribution in [2.24, 2.45) is 11.8 Å². The summed E-state index contributed by atoms with van der Waals surface area (Å²) in [6.45, 7) is 26.0. The first kappa shape index (κ1) is 22.1. The van der Waals surface area contributed by atoms with E-state index in [9.17, 15) is 4.79 Å². The van der Waals surface area contributed by atoms with Crippen molar-refractivity contribution in [3.8, 4) is 0 Å². The maximum atomic E-state index is 12.9. The zero-order valence-corrected chi connectivity index (χ0v) is 17.5. The van der Waals surface area contributed by atoms with Crippen molar-refractivity contribution in [2.75, 3.05) is 13.1 Å². The highest BCUT2D eigenvalue weighted by Crippen LogP contribution is 2.39. The van der Waals surface area contributed by atoms with E-state index in [4.69, 9.17) is 4.43 Å². The summed E-state index contributed by atoms with van der Waals surface area (Å²) in [6, 6.07) is 0. The van der Waals surface area contributed by atoms with Crippen LogP contribution in [0.4, 0.5) is 0 Å². The molecule has 134 valence electrons. The van der Waals surface area contributed by atoms with Crippen LogP contribution in [0.5, 0.6) is 0 Å². The highest BCUT2D eigenvalue weighted by Gasteiger charge is 2.42. The van der Waals surface area contributed by atoms with Gasteiger partial charge in [-0.1, -0.05) is 53.7 Å². The van der Waals surface area contributed by atoms with Gasteiger partial charge in [0.2, 0.25) is 5.91 Å². The van der Waals surface area contributed by atoms with E-state index in [0.29, 0.717) is 13.1 Å². The summed E-state index contributed by atoms with van der Waals surface area (Å²) in [4.78, 5) is 14.7. The normalized spacial score (nSPS) is 15.2. The zero-order chi connectivity index (χ0) is 18.4. The highest BCUT2D eigenvalue weighted by atomic mass is 28.4. The van der Waals surface area contributed by atoms with Crippen molar-refractivity contribution in [3.63, 3.8) is 0 Å². The Morgan fingerprint density at radius 3 is 1.87 bits per heavy atom. The van der Waals surface area contributed by atoms with Gasteiger partial charge in [0.1, 0.15) is 0 Å². The minimum Gasteiger partial charge on any atom is -0.413 e. The second-order valence-electron chi connectivity index (χ2n) is 8.20. The minimum atomic E-state index is -1.92. The minimum absolute atomic E-state index is 0.0690. The lowest BCUT2D eigenvalue weighted by atomic mass is 9.93. The van der Waals surface area contributed by atoms with Crippen molar-refractivity contribution in [3.05, 3.63) is 25.3 Å². The Kier molecular flexibility index (Phi) is 8.50. The van der Waals surface area contributed by atoms with E-state index in [1.54, 1.807) is 17.1 Å². The standard InChI is InChI=1S/C19H37NO2Si/c1-11-13-20(14-12-2)18(21)16(5)17(15(3)4)22-23(9,10)19(6,7)8/h11-12,15-17H,1-2,13-14H2,3-10H3/t16-,17+/m1/s1. The van der Waals surface area contributed by atoms with Crippen molar-refractivity contribution < 1.29 is 9.22 Å². The van der Waals surface area contributed by atoms with Gasteiger partial charge in [-0.3, -0.25) is 4.79 Å². The van der Waals surface area contributed by atoms with E-state index in [0.717, 1.165) is 0 Å². The zero-order valence-electron chi connectivity index (χ0n) is 16.5. The average Bonchev–Trinajstić information content (AvgIpc) is 2.41. The van der Waals surface area contributed by atoms with Gasteiger partial charge in [0.05, 0.1) is 12.0 Å². The summed E-state index contributed by atoms with van der Waals surface area (Å²) in [6.07, 6.45) is 3.45. The van der Waals surface area contributed by atoms with Crippen molar-refractivity contribution in [2.45, 2.75) is 65.8 Å². The Bertz CT molecular complexity index is 400. The fourth-order valence-electron chi connectivity index (χ4n) is 2.33. The van der Waals surface area contributed by atoms with Crippen molar-refractivity contribution in [1.82, 2.24) is 4.90 Å². The number of hydrogen-bond donors (Lipinski definition) is 0. The predicted octanol–water partition coefficient (Wildman–Crippen LogP) is 4.87. The van der Waals surface area contributed by atoms with Crippen LogP contribution in [0.25, 0.3) is 0 Å². The first-order chi connectivity index (χ1) is 10.4. The Labute approximate surface area is 144 Å². The molecule has 2 atom stereocenters. The second-order valence-corrected chi connectivity index (χ2v) is 13.0. The summed E-state index contributed by atoms with van der Waals surface area (Å²) >= 11 is 0. The third-order valence-electron chi connectivity index (χ3n) is 4.79. The highest BCUT2D eigenvalue weighted by molar-refractivity contribution is 6.74. The molecule has 0 radical (unpaired) electrons. The quantitative estimate of drug-likeness (QED) is 0.443. The van der Waals surface area contributed by atoms with Gasteiger partial charge in [-0.05, 0) is 24.1 Å². The second kappa shape index (κ2) is 8.83. The fraction of sp³-hybridized carbons (Fsp3) is 0.737. The molecule has 0 saturated carbocycles. The Balaban J connectivity index is 5.33. The van der Waals surface area contributed by atoms with Crippen molar-refractivity contribution >= 4 is 14.2 Å². The molecular formula is C19H37NO2Si. The number of carbonyl (C=O) groups is 1. The third-order valence-corrected chi connectivity index (χ3v) is 9.26. The largest absolute Gasteiger partial charge is 0.413 e. The summed E-state index contributed by atoms with van der Waals surface area (Å²) < 4.78 is 6.59. The summed E-state index contributed by atoms with van der Waals surface area (Å²) in [5.41, 5.74) is 0. The molecule has 0 spiro atoms. The molecule has 0 saturated heterocycles. The maximum Gasteiger partial charge on any atom is 0.228 e. The van der Waals surface area contributed by atoms with Crippen LogP contribution < -0.4 is 0 Å². The van der Waals surface area contributed by atoms with Crippen LogP contribution >= 0.6 is 0 Å². The first-order valence-electron chi connectivity index (χ1n) is 8.57.